The molecule has 1 N–H and O–H groups in total. The average molecular weight is 124 g/mol. The number of nitrogens with zero attached hydrogens (tertiary/aromatic N) is 2. The molecule has 0 radical (unpaired) electrons. The van der Waals surface area contributed by atoms with Crippen molar-refractivity contribution in [3.8, 4) is 0 Å². The van der Waals surface area contributed by atoms with Crippen LogP contribution in [0.5, 0.6) is 0 Å². The van der Waals surface area contributed by atoms with Gasteiger partial charge >= 0.3 is 0 Å². The van der Waals surface area contributed by atoms with Gasteiger partial charge in [0.1, 0.15) is 5.70 Å². The molecule has 9 heavy (non-hydrogen) atoms. The minimum absolute atomic E-state index is 0.241. The molecule has 0 unspecified atom stereocenters. The molecular formula is C6H8N2O. The van der Waals surface area contributed by atoms with Crippen molar-refractivity contribution in [3.63, 3.8) is 0 Å². The van der Waals surface area contributed by atoms with Crippen LogP contribution in [0.25, 0.3) is 0 Å². The summed E-state index contributed by atoms with van der Waals surface area (Å²) in [5.74, 6) is -0.250. The van der Waals surface area contributed by atoms with E-state index in [9.17, 15) is 0 Å². The maximum atomic E-state index is 8.76. The van der Waals surface area contributed by atoms with E-state index >= 15 is 0 Å². The van der Waals surface area contributed by atoms with Gasteiger partial charge in [0.25, 0.3) is 0 Å². The Hall–Kier alpha value is -1.38. The van der Waals surface area contributed by atoms with Gasteiger partial charge in [-0.25, -0.2) is 4.99 Å². The molecule has 3 heteroatoms. The predicted octanol–water partition coefficient (Wildman–Crippen LogP) is 1.30. The smallest absolute Gasteiger partial charge is 0.236 e. The third kappa shape index (κ3) is 1.90. The lowest BCUT2D eigenvalue weighted by atomic mass is 10.4. The van der Waals surface area contributed by atoms with Gasteiger partial charge in [-0.05, 0) is 19.5 Å². The molecular weight excluding hydrogens is 116 g/mol. The van der Waals surface area contributed by atoms with Crippen molar-refractivity contribution in [2.24, 2.45) is 9.98 Å². The summed E-state index contributed by atoms with van der Waals surface area (Å²) in [4.78, 5) is 6.62. The lowest BCUT2D eigenvalue weighted by Crippen LogP contribution is -1.79. The van der Waals surface area contributed by atoms with Crippen molar-refractivity contribution in [2.75, 3.05) is 0 Å². The normalized spacial score (nSPS) is 11.6. The monoisotopic (exact) mass is 124 g/mol. The van der Waals surface area contributed by atoms with Crippen LogP contribution in [-0.4, -0.2) is 18.5 Å². The SMILES string of the molecule is C=C/C(N=C)=C(/O)N=C. The van der Waals surface area contributed by atoms with E-state index < -0.39 is 0 Å². The van der Waals surface area contributed by atoms with Crippen LogP contribution in [0, 0.1) is 0 Å². The van der Waals surface area contributed by atoms with Crippen LogP contribution in [-0.2, 0) is 0 Å². The number of aliphatic imine (C=N–C) groups is 2. The summed E-state index contributed by atoms with van der Waals surface area (Å²) in [6.07, 6.45) is 1.34. The van der Waals surface area contributed by atoms with E-state index in [1.165, 1.54) is 6.08 Å². The van der Waals surface area contributed by atoms with Crippen molar-refractivity contribution < 1.29 is 5.11 Å². The molecule has 0 heterocycles. The van der Waals surface area contributed by atoms with E-state index in [1.54, 1.807) is 0 Å². The van der Waals surface area contributed by atoms with Crippen LogP contribution in [0.3, 0.4) is 0 Å². The van der Waals surface area contributed by atoms with Gasteiger partial charge in [-0.1, -0.05) is 6.58 Å². The van der Waals surface area contributed by atoms with Crippen LogP contribution in [0.2, 0.25) is 0 Å². The molecule has 0 amide bonds. The molecule has 0 aliphatic rings. The second-order valence-corrected chi connectivity index (χ2v) is 1.23. The minimum Gasteiger partial charge on any atom is -0.492 e. The number of hydrogen-bond donors (Lipinski definition) is 1. The quantitative estimate of drug-likeness (QED) is 0.344. The minimum atomic E-state index is -0.250. The highest BCUT2D eigenvalue weighted by molar-refractivity contribution is 5.36. The van der Waals surface area contributed by atoms with Gasteiger partial charge < -0.3 is 5.11 Å². The maximum Gasteiger partial charge on any atom is 0.236 e. The first-order valence-electron chi connectivity index (χ1n) is 2.25. The van der Waals surface area contributed by atoms with E-state index in [4.69, 9.17) is 5.11 Å². The third-order valence-corrected chi connectivity index (χ3v) is 0.743. The van der Waals surface area contributed by atoms with Crippen LogP contribution < -0.4 is 0 Å². The summed E-state index contributed by atoms with van der Waals surface area (Å²) < 4.78 is 0. The highest BCUT2D eigenvalue weighted by Crippen LogP contribution is 2.02. The number of aliphatic hydroxyl groups is 1. The second kappa shape index (κ2) is 3.60. The molecule has 0 aromatic carbocycles. The molecule has 0 spiro atoms. The van der Waals surface area contributed by atoms with Crippen molar-refractivity contribution in [1.29, 1.82) is 0 Å². The van der Waals surface area contributed by atoms with Crippen LogP contribution in [0.1, 0.15) is 0 Å². The van der Waals surface area contributed by atoms with E-state index in [-0.39, 0.29) is 11.6 Å². The first kappa shape index (κ1) is 7.62. The zero-order valence-electron chi connectivity index (χ0n) is 5.04. The molecule has 0 rings (SSSR count). The van der Waals surface area contributed by atoms with Gasteiger partial charge in [0.2, 0.25) is 5.88 Å². The van der Waals surface area contributed by atoms with E-state index in [0.717, 1.165) is 0 Å². The van der Waals surface area contributed by atoms with E-state index in [0.29, 0.717) is 0 Å². The lowest BCUT2D eigenvalue weighted by Gasteiger charge is -1.91. The largest absolute Gasteiger partial charge is 0.492 e. The Morgan fingerprint density at radius 1 is 1.33 bits per heavy atom. The average Bonchev–Trinajstić information content (AvgIpc) is 1.90. The summed E-state index contributed by atoms with van der Waals surface area (Å²) in [5.41, 5.74) is 0.241. The fraction of sp³-hybridized carbons (Fsp3) is 0. The summed E-state index contributed by atoms with van der Waals surface area (Å²) in [5, 5.41) is 8.76. The number of hydrogen-bond acceptors (Lipinski definition) is 3. The molecule has 0 atom stereocenters. The van der Waals surface area contributed by atoms with Crippen LogP contribution in [0.15, 0.2) is 34.2 Å². The van der Waals surface area contributed by atoms with Crippen molar-refractivity contribution in [3.05, 3.63) is 24.2 Å². The summed E-state index contributed by atoms with van der Waals surface area (Å²) >= 11 is 0. The summed E-state index contributed by atoms with van der Waals surface area (Å²) in [7, 11) is 0. The Labute approximate surface area is 53.8 Å². The molecule has 0 aromatic rings. The molecule has 0 aliphatic heterocycles. The van der Waals surface area contributed by atoms with E-state index in [1.807, 2.05) is 0 Å². The van der Waals surface area contributed by atoms with Gasteiger partial charge in [-0.15, -0.1) is 0 Å². The molecule has 0 aromatic heterocycles. The molecule has 0 bridgehead atoms. The fourth-order valence-electron chi connectivity index (χ4n) is 0.308. The molecule has 0 fully saturated rings. The van der Waals surface area contributed by atoms with Gasteiger partial charge in [0.15, 0.2) is 0 Å². The Morgan fingerprint density at radius 3 is 2.00 bits per heavy atom. The van der Waals surface area contributed by atoms with E-state index in [2.05, 4.69) is 30.0 Å². The van der Waals surface area contributed by atoms with Crippen molar-refractivity contribution in [2.45, 2.75) is 0 Å². The highest BCUT2D eigenvalue weighted by atomic mass is 16.3. The molecule has 0 saturated carbocycles. The first-order valence-corrected chi connectivity index (χ1v) is 2.25. The lowest BCUT2D eigenvalue weighted by molar-refractivity contribution is 0.402. The van der Waals surface area contributed by atoms with Gasteiger partial charge in [0, 0.05) is 0 Å². The maximum absolute atomic E-state index is 8.76. The Balaban J connectivity index is 4.56. The Bertz CT molecular complexity index is 160. The highest BCUT2D eigenvalue weighted by Gasteiger charge is 1.92. The van der Waals surface area contributed by atoms with Crippen LogP contribution in [0.4, 0.5) is 0 Å². The fourth-order valence-corrected chi connectivity index (χ4v) is 0.308. The zero-order valence-corrected chi connectivity index (χ0v) is 5.04. The first-order chi connectivity index (χ1) is 4.26. The molecule has 48 valence electrons. The molecule has 0 saturated heterocycles. The Kier molecular flexibility index (Phi) is 3.05. The standard InChI is InChI=1S/C6H8N2O/c1-4-5(7-2)6(9)8-3/h4,9H,1-3H2/b6-5-. The number of allylic oxidation sites excluding steroid dienone is 1. The molecule has 0 aliphatic carbocycles. The Morgan fingerprint density at radius 2 is 1.89 bits per heavy atom. The third-order valence-electron chi connectivity index (χ3n) is 0.743. The number of aliphatic hydroxyl groups excluding tert-OH is 1. The molecule has 3 nitrogen and oxygen atoms in total. The topological polar surface area (TPSA) is 45.0 Å². The van der Waals surface area contributed by atoms with Gasteiger partial charge in [-0.2, -0.15) is 0 Å². The van der Waals surface area contributed by atoms with Crippen LogP contribution >= 0.6 is 0 Å². The van der Waals surface area contributed by atoms with Gasteiger partial charge in [-0.3, -0.25) is 4.99 Å². The van der Waals surface area contributed by atoms with Crippen molar-refractivity contribution >= 4 is 13.4 Å². The predicted molar refractivity (Wildman–Crippen MR) is 38.9 cm³/mol. The second-order valence-electron chi connectivity index (χ2n) is 1.23. The van der Waals surface area contributed by atoms with Crippen molar-refractivity contribution in [1.82, 2.24) is 0 Å². The van der Waals surface area contributed by atoms with Gasteiger partial charge in [0.05, 0.1) is 0 Å². The zero-order chi connectivity index (χ0) is 7.28. The summed E-state index contributed by atoms with van der Waals surface area (Å²) in [6, 6.07) is 0. The summed E-state index contributed by atoms with van der Waals surface area (Å²) in [6.45, 7) is 9.62. The number of rotatable bonds is 3.